The number of carbonyl (C=O) groups excluding carboxylic acids is 1. The monoisotopic (exact) mass is 443 g/mol. The highest BCUT2D eigenvalue weighted by Gasteiger charge is 2.29. The lowest BCUT2D eigenvalue weighted by Crippen LogP contribution is -2.41. The maximum absolute atomic E-state index is 12.9. The first-order valence-electron chi connectivity index (χ1n) is 11.8. The summed E-state index contributed by atoms with van der Waals surface area (Å²) in [5.41, 5.74) is 5.04. The van der Waals surface area contributed by atoms with Crippen LogP contribution >= 0.6 is 0 Å². The highest BCUT2D eigenvalue weighted by Crippen LogP contribution is 2.31. The average Bonchev–Trinajstić information content (AvgIpc) is 2.83. The number of likely N-dealkylation sites (tertiary alicyclic amines) is 1. The van der Waals surface area contributed by atoms with Crippen LogP contribution in [0.15, 0.2) is 66.9 Å². The van der Waals surface area contributed by atoms with Crippen LogP contribution in [0, 0.1) is 19.8 Å². The molecule has 1 aliphatic heterocycles. The second-order valence-corrected chi connectivity index (χ2v) is 9.15. The van der Waals surface area contributed by atoms with Gasteiger partial charge in [0.2, 0.25) is 5.91 Å². The number of pyridine rings is 1. The van der Waals surface area contributed by atoms with Gasteiger partial charge in [0.05, 0.1) is 18.2 Å². The third kappa shape index (κ3) is 5.99. The molecule has 33 heavy (non-hydrogen) atoms. The molecule has 0 aliphatic carbocycles. The fourth-order valence-electron chi connectivity index (χ4n) is 4.84. The Balaban J connectivity index is 1.40. The fourth-order valence-corrected chi connectivity index (χ4v) is 4.84. The number of aromatic hydroxyl groups is 1. The molecule has 1 atom stereocenters. The predicted molar refractivity (Wildman–Crippen MR) is 131 cm³/mol. The third-order valence-corrected chi connectivity index (χ3v) is 6.59. The van der Waals surface area contributed by atoms with Gasteiger partial charge < -0.3 is 10.4 Å². The van der Waals surface area contributed by atoms with E-state index in [1.165, 1.54) is 5.56 Å². The van der Waals surface area contributed by atoms with Crippen molar-refractivity contribution in [1.29, 1.82) is 0 Å². The molecule has 172 valence electrons. The van der Waals surface area contributed by atoms with E-state index in [4.69, 9.17) is 0 Å². The SMILES string of the molecule is Cc1cc(CN2CCC([C@H](NC(=O)Cc3ccccc3)c3ccccn3)CC2)cc(C)c1O. The minimum atomic E-state index is -0.0808. The van der Waals surface area contributed by atoms with E-state index in [0.29, 0.717) is 18.1 Å². The van der Waals surface area contributed by atoms with Crippen LogP contribution in [-0.4, -0.2) is 34.0 Å². The lowest BCUT2D eigenvalue weighted by Gasteiger charge is -2.36. The summed E-state index contributed by atoms with van der Waals surface area (Å²) in [5.74, 6) is 0.774. The van der Waals surface area contributed by atoms with Gasteiger partial charge in [-0.3, -0.25) is 14.7 Å². The first-order chi connectivity index (χ1) is 16.0. The maximum Gasteiger partial charge on any atom is 0.224 e. The normalized spacial score (nSPS) is 15.8. The molecular weight excluding hydrogens is 410 g/mol. The van der Waals surface area contributed by atoms with Crippen molar-refractivity contribution in [2.24, 2.45) is 5.92 Å². The highest BCUT2D eigenvalue weighted by molar-refractivity contribution is 5.79. The Morgan fingerprint density at radius 1 is 1.03 bits per heavy atom. The molecule has 0 radical (unpaired) electrons. The number of nitrogens with zero attached hydrogens (tertiary/aromatic N) is 2. The van der Waals surface area contributed by atoms with E-state index in [2.05, 4.69) is 27.3 Å². The second-order valence-electron chi connectivity index (χ2n) is 9.15. The van der Waals surface area contributed by atoms with Gasteiger partial charge in [-0.15, -0.1) is 0 Å². The van der Waals surface area contributed by atoms with Crippen molar-refractivity contribution >= 4 is 5.91 Å². The van der Waals surface area contributed by atoms with Crippen molar-refractivity contribution in [1.82, 2.24) is 15.2 Å². The predicted octanol–water partition coefficient (Wildman–Crippen LogP) is 4.72. The summed E-state index contributed by atoms with van der Waals surface area (Å²) < 4.78 is 0. The Morgan fingerprint density at radius 3 is 2.33 bits per heavy atom. The number of piperidine rings is 1. The zero-order valence-corrected chi connectivity index (χ0v) is 19.5. The minimum Gasteiger partial charge on any atom is -0.507 e. The van der Waals surface area contributed by atoms with E-state index in [0.717, 1.165) is 54.9 Å². The molecule has 0 unspecified atom stereocenters. The Labute approximate surface area is 196 Å². The molecule has 2 aromatic carbocycles. The standard InChI is InChI=1S/C28H33N3O2/c1-20-16-23(17-21(2)28(20)33)19-31-14-11-24(12-15-31)27(25-10-6-7-13-29-25)30-26(32)18-22-8-4-3-5-9-22/h3-10,13,16-17,24,27,33H,11-12,14-15,18-19H2,1-2H3,(H,30,32)/t27-/m0/s1. The smallest absolute Gasteiger partial charge is 0.224 e. The number of aromatic nitrogens is 1. The van der Waals surface area contributed by atoms with Crippen LogP contribution < -0.4 is 5.32 Å². The molecule has 2 heterocycles. The Hall–Kier alpha value is -3.18. The van der Waals surface area contributed by atoms with Crippen molar-refractivity contribution in [3.05, 3.63) is 94.8 Å². The molecular formula is C28H33N3O2. The van der Waals surface area contributed by atoms with Gasteiger partial charge in [0.25, 0.3) is 0 Å². The molecule has 0 bridgehead atoms. The number of phenols is 1. The summed E-state index contributed by atoms with van der Waals surface area (Å²) in [6.45, 7) is 6.73. The first kappa shape index (κ1) is 23.0. The van der Waals surface area contributed by atoms with Crippen LogP contribution in [0.5, 0.6) is 5.75 Å². The average molecular weight is 444 g/mol. The topological polar surface area (TPSA) is 65.5 Å². The molecule has 1 aromatic heterocycles. The number of hydrogen-bond donors (Lipinski definition) is 2. The van der Waals surface area contributed by atoms with Gasteiger partial charge in [-0.25, -0.2) is 0 Å². The van der Waals surface area contributed by atoms with Crippen LogP contribution in [-0.2, 0) is 17.8 Å². The number of aryl methyl sites for hydroxylation is 2. The van der Waals surface area contributed by atoms with Crippen LogP contribution in [0.3, 0.4) is 0 Å². The Bertz CT molecular complexity index is 1040. The lowest BCUT2D eigenvalue weighted by atomic mass is 9.87. The highest BCUT2D eigenvalue weighted by atomic mass is 16.3. The molecule has 1 fully saturated rings. The van der Waals surface area contributed by atoms with E-state index >= 15 is 0 Å². The molecule has 3 aromatic rings. The van der Waals surface area contributed by atoms with Crippen molar-refractivity contribution in [3.8, 4) is 5.75 Å². The van der Waals surface area contributed by atoms with Crippen molar-refractivity contribution < 1.29 is 9.90 Å². The molecule has 5 heteroatoms. The number of phenolic OH excluding ortho intramolecular Hbond substituents is 1. The van der Waals surface area contributed by atoms with Gasteiger partial charge in [-0.1, -0.05) is 48.5 Å². The molecule has 1 amide bonds. The van der Waals surface area contributed by atoms with E-state index in [1.54, 1.807) is 6.20 Å². The molecule has 4 rings (SSSR count). The van der Waals surface area contributed by atoms with Crippen LogP contribution in [0.2, 0.25) is 0 Å². The summed E-state index contributed by atoms with van der Waals surface area (Å²) in [6.07, 6.45) is 4.19. The molecule has 1 saturated heterocycles. The van der Waals surface area contributed by atoms with Gasteiger partial charge in [0, 0.05) is 12.7 Å². The number of hydrogen-bond acceptors (Lipinski definition) is 4. The summed E-state index contributed by atoms with van der Waals surface area (Å²) in [7, 11) is 0. The number of rotatable bonds is 7. The second kappa shape index (κ2) is 10.6. The zero-order valence-electron chi connectivity index (χ0n) is 19.5. The Morgan fingerprint density at radius 2 is 1.70 bits per heavy atom. The summed E-state index contributed by atoms with van der Waals surface area (Å²) in [6, 6.07) is 19.9. The number of amides is 1. The quantitative estimate of drug-likeness (QED) is 0.555. The van der Waals surface area contributed by atoms with Gasteiger partial charge in [-0.05, 0) is 80.1 Å². The van der Waals surface area contributed by atoms with E-state index in [-0.39, 0.29) is 11.9 Å². The van der Waals surface area contributed by atoms with Gasteiger partial charge >= 0.3 is 0 Å². The molecule has 1 aliphatic rings. The number of benzene rings is 2. The fraction of sp³-hybridized carbons (Fsp3) is 0.357. The van der Waals surface area contributed by atoms with Crippen molar-refractivity contribution in [3.63, 3.8) is 0 Å². The van der Waals surface area contributed by atoms with Gasteiger partial charge in [0.15, 0.2) is 0 Å². The number of carbonyl (C=O) groups is 1. The van der Waals surface area contributed by atoms with Crippen LogP contribution in [0.25, 0.3) is 0 Å². The third-order valence-electron chi connectivity index (χ3n) is 6.59. The lowest BCUT2D eigenvalue weighted by molar-refractivity contribution is -0.121. The maximum atomic E-state index is 12.9. The molecule has 5 nitrogen and oxygen atoms in total. The van der Waals surface area contributed by atoms with Crippen LogP contribution in [0.4, 0.5) is 0 Å². The minimum absolute atomic E-state index is 0.0364. The number of nitrogens with one attached hydrogen (secondary N) is 1. The molecule has 0 spiro atoms. The van der Waals surface area contributed by atoms with E-state index < -0.39 is 0 Å². The van der Waals surface area contributed by atoms with Crippen molar-refractivity contribution in [2.45, 2.75) is 45.7 Å². The van der Waals surface area contributed by atoms with Crippen LogP contribution in [0.1, 0.15) is 46.8 Å². The largest absolute Gasteiger partial charge is 0.507 e. The van der Waals surface area contributed by atoms with Gasteiger partial charge in [0.1, 0.15) is 5.75 Å². The summed E-state index contributed by atoms with van der Waals surface area (Å²) in [5, 5.41) is 13.3. The van der Waals surface area contributed by atoms with E-state index in [9.17, 15) is 9.90 Å². The summed E-state index contributed by atoms with van der Waals surface area (Å²) >= 11 is 0. The van der Waals surface area contributed by atoms with Gasteiger partial charge in [-0.2, -0.15) is 0 Å². The van der Waals surface area contributed by atoms with E-state index in [1.807, 2.05) is 62.4 Å². The first-order valence-corrected chi connectivity index (χ1v) is 11.8. The molecule has 2 N–H and O–H groups in total. The summed E-state index contributed by atoms with van der Waals surface area (Å²) in [4.78, 5) is 19.9. The van der Waals surface area contributed by atoms with Crippen molar-refractivity contribution in [2.75, 3.05) is 13.1 Å². The molecule has 0 saturated carbocycles. The Kier molecular flexibility index (Phi) is 7.40. The zero-order chi connectivity index (χ0) is 23.2.